The summed E-state index contributed by atoms with van der Waals surface area (Å²) in [7, 11) is -1.11. The molecule has 0 radical (unpaired) electrons. The Balaban J connectivity index is 2.49. The van der Waals surface area contributed by atoms with Gasteiger partial charge in [0.15, 0.2) is 0 Å². The van der Waals surface area contributed by atoms with E-state index >= 15 is 0 Å². The third-order valence-electron chi connectivity index (χ3n) is 5.48. The van der Waals surface area contributed by atoms with Gasteiger partial charge in [0.1, 0.15) is 12.6 Å². The minimum atomic E-state index is -3.95. The summed E-state index contributed by atoms with van der Waals surface area (Å²) in [5.41, 5.74) is 2.26. The van der Waals surface area contributed by atoms with Gasteiger partial charge in [-0.25, -0.2) is 4.31 Å². The molecule has 2 rings (SSSR count). The van der Waals surface area contributed by atoms with E-state index in [4.69, 9.17) is 0 Å². The van der Waals surface area contributed by atoms with Crippen molar-refractivity contribution in [1.29, 1.82) is 0 Å². The number of carbonyl (C=O) groups excluding carboxylic acids is 2. The number of anilines is 1. The fourth-order valence-corrected chi connectivity index (χ4v) is 4.64. The van der Waals surface area contributed by atoms with E-state index in [1.54, 1.807) is 30.3 Å². The minimum Gasteiger partial charge on any atom is -0.352 e. The van der Waals surface area contributed by atoms with Crippen molar-refractivity contribution in [3.8, 4) is 0 Å². The molecule has 0 spiro atoms. The van der Waals surface area contributed by atoms with Gasteiger partial charge in [-0.15, -0.1) is 0 Å². The van der Waals surface area contributed by atoms with Crippen molar-refractivity contribution in [1.82, 2.24) is 14.5 Å². The van der Waals surface area contributed by atoms with Crippen LogP contribution in [0.3, 0.4) is 0 Å². The number of rotatable bonds is 11. The first-order valence-electron chi connectivity index (χ1n) is 11.4. The highest BCUT2D eigenvalue weighted by Gasteiger charge is 2.34. The zero-order valence-corrected chi connectivity index (χ0v) is 21.7. The van der Waals surface area contributed by atoms with Crippen molar-refractivity contribution in [3.63, 3.8) is 0 Å². The van der Waals surface area contributed by atoms with Gasteiger partial charge < -0.3 is 10.2 Å². The molecule has 0 fully saturated rings. The Bertz CT molecular complexity index is 1070. The normalized spacial score (nSPS) is 12.5. The van der Waals surface area contributed by atoms with E-state index in [1.807, 2.05) is 52.0 Å². The Morgan fingerprint density at radius 2 is 1.56 bits per heavy atom. The van der Waals surface area contributed by atoms with Gasteiger partial charge in [0, 0.05) is 26.7 Å². The van der Waals surface area contributed by atoms with E-state index in [0.29, 0.717) is 12.1 Å². The van der Waals surface area contributed by atoms with Crippen LogP contribution in [0.4, 0.5) is 5.69 Å². The van der Waals surface area contributed by atoms with Gasteiger partial charge in [-0.1, -0.05) is 49.4 Å². The SMILES string of the molecule is CC[C@H](C(=O)NC(C)C)N(Cc1ccccc1C)C(=O)CN(c1ccccc1)S(=O)(=O)N(C)C. The van der Waals surface area contributed by atoms with Crippen LogP contribution in [-0.4, -0.2) is 62.2 Å². The van der Waals surface area contributed by atoms with E-state index < -0.39 is 28.7 Å². The van der Waals surface area contributed by atoms with Crippen LogP contribution in [-0.2, 0) is 26.3 Å². The average Bonchev–Trinajstić information content (AvgIpc) is 2.78. The number of nitrogens with zero attached hydrogens (tertiary/aromatic N) is 3. The third kappa shape index (κ3) is 6.80. The van der Waals surface area contributed by atoms with Crippen molar-refractivity contribution in [2.45, 2.75) is 52.7 Å². The number of hydrogen-bond donors (Lipinski definition) is 1. The summed E-state index contributed by atoms with van der Waals surface area (Å²) >= 11 is 0. The second kappa shape index (κ2) is 12.0. The van der Waals surface area contributed by atoms with Crippen molar-refractivity contribution >= 4 is 27.7 Å². The van der Waals surface area contributed by atoms with Gasteiger partial charge in [0.2, 0.25) is 11.8 Å². The third-order valence-corrected chi connectivity index (χ3v) is 7.30. The first kappa shape index (κ1) is 27.3. The van der Waals surface area contributed by atoms with Crippen molar-refractivity contribution in [2.75, 3.05) is 24.9 Å². The fourth-order valence-electron chi connectivity index (χ4n) is 3.58. The lowest BCUT2D eigenvalue weighted by Crippen LogP contribution is -2.54. The summed E-state index contributed by atoms with van der Waals surface area (Å²) in [6.45, 7) is 7.27. The highest BCUT2D eigenvalue weighted by atomic mass is 32.2. The number of amides is 2. The monoisotopic (exact) mass is 488 g/mol. The molecule has 0 unspecified atom stereocenters. The molecule has 34 heavy (non-hydrogen) atoms. The van der Waals surface area contributed by atoms with Crippen LogP contribution in [0.15, 0.2) is 54.6 Å². The minimum absolute atomic E-state index is 0.0908. The molecule has 0 aromatic heterocycles. The lowest BCUT2D eigenvalue weighted by molar-refractivity contribution is -0.140. The maximum atomic E-state index is 13.7. The molecule has 0 saturated heterocycles. The topological polar surface area (TPSA) is 90.0 Å². The van der Waals surface area contributed by atoms with E-state index in [9.17, 15) is 18.0 Å². The summed E-state index contributed by atoms with van der Waals surface area (Å²) in [4.78, 5) is 28.2. The molecule has 2 aromatic carbocycles. The summed E-state index contributed by atoms with van der Waals surface area (Å²) in [6.07, 6.45) is 0.391. The summed E-state index contributed by atoms with van der Waals surface area (Å²) in [5.74, 6) is -0.718. The number of carbonyl (C=O) groups is 2. The molecule has 1 N–H and O–H groups in total. The van der Waals surface area contributed by atoms with Gasteiger partial charge in [-0.3, -0.25) is 9.59 Å². The van der Waals surface area contributed by atoms with Crippen LogP contribution < -0.4 is 9.62 Å². The summed E-state index contributed by atoms with van der Waals surface area (Å²) in [6, 6.07) is 15.3. The predicted molar refractivity (Wildman–Crippen MR) is 135 cm³/mol. The van der Waals surface area contributed by atoms with Crippen LogP contribution in [0.2, 0.25) is 0 Å². The summed E-state index contributed by atoms with van der Waals surface area (Å²) < 4.78 is 28.4. The van der Waals surface area contributed by atoms with Gasteiger partial charge >= 0.3 is 10.2 Å². The second-order valence-corrected chi connectivity index (χ2v) is 10.7. The Hall–Kier alpha value is -2.91. The standard InChI is InChI=1S/C25H36N4O4S/c1-7-23(25(31)26-19(2)3)28(17-21-14-12-11-13-20(21)4)24(30)18-29(34(32,33)27(5)6)22-15-9-8-10-16-22/h8-16,19,23H,7,17-18H2,1-6H3,(H,26,31)/t23-/m1/s1. The van der Waals surface area contributed by atoms with Gasteiger partial charge in [-0.05, 0) is 50.5 Å². The number of benzene rings is 2. The van der Waals surface area contributed by atoms with E-state index in [0.717, 1.165) is 19.7 Å². The first-order valence-corrected chi connectivity index (χ1v) is 12.8. The number of hydrogen-bond acceptors (Lipinski definition) is 4. The quantitative estimate of drug-likeness (QED) is 0.527. The van der Waals surface area contributed by atoms with Crippen molar-refractivity contribution in [2.24, 2.45) is 0 Å². The second-order valence-electron chi connectivity index (χ2n) is 8.67. The zero-order valence-electron chi connectivity index (χ0n) is 20.9. The predicted octanol–water partition coefficient (Wildman–Crippen LogP) is 2.94. The zero-order chi connectivity index (χ0) is 25.5. The van der Waals surface area contributed by atoms with E-state index in [2.05, 4.69) is 5.32 Å². The maximum absolute atomic E-state index is 13.7. The highest BCUT2D eigenvalue weighted by Crippen LogP contribution is 2.21. The number of para-hydroxylation sites is 1. The molecule has 0 bridgehead atoms. The van der Waals surface area contributed by atoms with Crippen LogP contribution in [0.1, 0.15) is 38.3 Å². The van der Waals surface area contributed by atoms with Crippen LogP contribution in [0.25, 0.3) is 0 Å². The van der Waals surface area contributed by atoms with Gasteiger partial charge in [0.25, 0.3) is 0 Å². The molecule has 0 aliphatic carbocycles. The fraction of sp³-hybridized carbons (Fsp3) is 0.440. The van der Waals surface area contributed by atoms with Crippen LogP contribution >= 0.6 is 0 Å². The van der Waals surface area contributed by atoms with Gasteiger partial charge in [-0.2, -0.15) is 12.7 Å². The lowest BCUT2D eigenvalue weighted by Gasteiger charge is -2.34. The molecular formula is C25H36N4O4S. The van der Waals surface area contributed by atoms with Crippen molar-refractivity contribution < 1.29 is 18.0 Å². The number of aryl methyl sites for hydroxylation is 1. The molecule has 0 aliphatic rings. The molecule has 2 aromatic rings. The maximum Gasteiger partial charge on any atom is 0.304 e. The Morgan fingerprint density at radius 3 is 2.09 bits per heavy atom. The molecule has 2 amide bonds. The molecule has 0 saturated carbocycles. The Morgan fingerprint density at radius 1 is 0.971 bits per heavy atom. The molecule has 0 heterocycles. The Kier molecular flexibility index (Phi) is 9.64. The van der Waals surface area contributed by atoms with Gasteiger partial charge in [0.05, 0.1) is 5.69 Å². The van der Waals surface area contributed by atoms with Crippen molar-refractivity contribution in [3.05, 3.63) is 65.7 Å². The molecule has 8 nitrogen and oxygen atoms in total. The molecule has 9 heteroatoms. The molecule has 1 atom stereocenters. The molecule has 0 aliphatic heterocycles. The average molecular weight is 489 g/mol. The highest BCUT2D eigenvalue weighted by molar-refractivity contribution is 7.90. The molecule has 186 valence electrons. The summed E-state index contributed by atoms with van der Waals surface area (Å²) in [5, 5.41) is 2.89. The number of nitrogens with one attached hydrogen (secondary N) is 1. The Labute approximate surface area is 203 Å². The van der Waals surface area contributed by atoms with E-state index in [1.165, 1.54) is 19.0 Å². The molecular weight excluding hydrogens is 452 g/mol. The lowest BCUT2D eigenvalue weighted by atomic mass is 10.1. The largest absolute Gasteiger partial charge is 0.352 e. The first-order chi connectivity index (χ1) is 16.0. The van der Waals surface area contributed by atoms with Crippen LogP contribution in [0.5, 0.6) is 0 Å². The smallest absolute Gasteiger partial charge is 0.304 e. The van der Waals surface area contributed by atoms with E-state index in [-0.39, 0.29) is 18.5 Å². The van der Waals surface area contributed by atoms with Crippen LogP contribution in [0, 0.1) is 6.92 Å².